The number of phenolic OH excluding ortho intramolecular Hbond substituents is 1. The summed E-state index contributed by atoms with van der Waals surface area (Å²) in [5.74, 6) is 0.298. The number of hydrogen-bond donors (Lipinski definition) is 1. The third kappa shape index (κ3) is 2.02. The SMILES string of the molecule is CC(Cn1c2cnccc2c2ccc(O)cc21)N(C)C. The van der Waals surface area contributed by atoms with Gasteiger partial charge in [0.25, 0.3) is 0 Å². The fraction of sp³-hybridized carbons (Fsp3) is 0.312. The van der Waals surface area contributed by atoms with Crippen LogP contribution in [0.3, 0.4) is 0 Å². The Bertz CT molecular complexity index is 761. The minimum Gasteiger partial charge on any atom is -0.508 e. The first-order valence-electron chi connectivity index (χ1n) is 6.79. The topological polar surface area (TPSA) is 41.3 Å². The summed E-state index contributed by atoms with van der Waals surface area (Å²) in [5, 5.41) is 12.1. The van der Waals surface area contributed by atoms with Crippen molar-refractivity contribution in [3.63, 3.8) is 0 Å². The highest BCUT2D eigenvalue weighted by atomic mass is 16.3. The van der Waals surface area contributed by atoms with Gasteiger partial charge in [0.05, 0.1) is 17.2 Å². The molecular weight excluding hydrogens is 250 g/mol. The van der Waals surface area contributed by atoms with Crippen molar-refractivity contribution in [1.29, 1.82) is 0 Å². The molecule has 1 N–H and O–H groups in total. The number of pyridine rings is 1. The average molecular weight is 269 g/mol. The van der Waals surface area contributed by atoms with E-state index in [4.69, 9.17) is 0 Å². The van der Waals surface area contributed by atoms with E-state index in [2.05, 4.69) is 35.5 Å². The second-order valence-corrected chi connectivity index (χ2v) is 5.52. The highest BCUT2D eigenvalue weighted by molar-refractivity contribution is 6.08. The lowest BCUT2D eigenvalue weighted by molar-refractivity contribution is 0.288. The smallest absolute Gasteiger partial charge is 0.117 e. The molecule has 0 saturated heterocycles. The summed E-state index contributed by atoms with van der Waals surface area (Å²) in [7, 11) is 4.16. The lowest BCUT2D eigenvalue weighted by Gasteiger charge is -2.21. The number of likely N-dealkylation sites (N-methyl/N-ethyl adjacent to an activating group) is 1. The third-order valence-corrected chi connectivity index (χ3v) is 3.98. The highest BCUT2D eigenvalue weighted by Gasteiger charge is 2.14. The first-order chi connectivity index (χ1) is 9.58. The molecule has 2 heterocycles. The maximum Gasteiger partial charge on any atom is 0.117 e. The van der Waals surface area contributed by atoms with Crippen LogP contribution in [0.15, 0.2) is 36.7 Å². The van der Waals surface area contributed by atoms with Gasteiger partial charge < -0.3 is 14.6 Å². The molecule has 0 spiro atoms. The van der Waals surface area contributed by atoms with Crippen LogP contribution in [0.25, 0.3) is 21.8 Å². The quantitative estimate of drug-likeness (QED) is 0.795. The van der Waals surface area contributed by atoms with E-state index < -0.39 is 0 Å². The Morgan fingerprint density at radius 2 is 1.95 bits per heavy atom. The highest BCUT2D eigenvalue weighted by Crippen LogP contribution is 2.31. The molecule has 20 heavy (non-hydrogen) atoms. The summed E-state index contributed by atoms with van der Waals surface area (Å²) >= 11 is 0. The second kappa shape index (κ2) is 4.80. The zero-order valence-electron chi connectivity index (χ0n) is 12.0. The van der Waals surface area contributed by atoms with E-state index in [1.807, 2.05) is 30.6 Å². The molecule has 4 heteroatoms. The molecular formula is C16H19N3O. The fourth-order valence-corrected chi connectivity index (χ4v) is 2.55. The van der Waals surface area contributed by atoms with Crippen LogP contribution in [0.2, 0.25) is 0 Å². The van der Waals surface area contributed by atoms with Gasteiger partial charge in [0.1, 0.15) is 5.75 Å². The molecule has 1 aromatic carbocycles. The Balaban J connectivity index is 2.27. The van der Waals surface area contributed by atoms with Gasteiger partial charge in [-0.15, -0.1) is 0 Å². The Labute approximate surface area is 118 Å². The van der Waals surface area contributed by atoms with Crippen molar-refractivity contribution in [1.82, 2.24) is 14.5 Å². The largest absolute Gasteiger partial charge is 0.508 e. The predicted octanol–water partition coefficient (Wildman–Crippen LogP) is 2.85. The Hall–Kier alpha value is -2.07. The maximum atomic E-state index is 9.78. The molecule has 0 saturated carbocycles. The lowest BCUT2D eigenvalue weighted by atomic mass is 10.2. The van der Waals surface area contributed by atoms with Crippen molar-refractivity contribution in [2.45, 2.75) is 19.5 Å². The molecule has 104 valence electrons. The first-order valence-corrected chi connectivity index (χ1v) is 6.79. The molecule has 0 bridgehead atoms. The number of aromatic hydroxyl groups is 1. The monoisotopic (exact) mass is 269 g/mol. The maximum absolute atomic E-state index is 9.78. The van der Waals surface area contributed by atoms with Gasteiger partial charge in [0.2, 0.25) is 0 Å². The molecule has 2 aromatic heterocycles. The molecule has 0 aliphatic carbocycles. The Morgan fingerprint density at radius 3 is 2.70 bits per heavy atom. The minimum atomic E-state index is 0.298. The van der Waals surface area contributed by atoms with Crippen LogP contribution in [-0.2, 0) is 6.54 Å². The number of aromatic nitrogens is 2. The van der Waals surface area contributed by atoms with Gasteiger partial charge in [-0.1, -0.05) is 0 Å². The molecule has 1 unspecified atom stereocenters. The van der Waals surface area contributed by atoms with Crippen LogP contribution >= 0.6 is 0 Å². The molecule has 0 aliphatic heterocycles. The van der Waals surface area contributed by atoms with E-state index >= 15 is 0 Å². The normalized spacial score (nSPS) is 13.4. The van der Waals surface area contributed by atoms with Gasteiger partial charge >= 0.3 is 0 Å². The summed E-state index contributed by atoms with van der Waals surface area (Å²) in [4.78, 5) is 6.44. The van der Waals surface area contributed by atoms with Crippen LogP contribution in [0.1, 0.15) is 6.92 Å². The molecule has 1 atom stereocenters. The number of fused-ring (bicyclic) bond motifs is 3. The summed E-state index contributed by atoms with van der Waals surface area (Å²) in [5.41, 5.74) is 2.17. The number of nitrogens with zero attached hydrogens (tertiary/aromatic N) is 3. The molecule has 4 nitrogen and oxygen atoms in total. The van der Waals surface area contributed by atoms with Gasteiger partial charge in [-0.3, -0.25) is 4.98 Å². The van der Waals surface area contributed by atoms with Gasteiger partial charge in [-0.25, -0.2) is 0 Å². The predicted molar refractivity (Wildman–Crippen MR) is 82.1 cm³/mol. The standard InChI is InChI=1S/C16H19N3O/c1-11(18(2)3)10-19-15-8-12(20)4-5-13(15)14-6-7-17-9-16(14)19/h4-9,11,20H,10H2,1-3H3. The molecule has 3 rings (SSSR count). The summed E-state index contributed by atoms with van der Waals surface area (Å²) in [6.45, 7) is 3.05. The van der Waals surface area contributed by atoms with E-state index in [0.29, 0.717) is 11.8 Å². The zero-order chi connectivity index (χ0) is 14.3. The molecule has 0 fully saturated rings. The van der Waals surface area contributed by atoms with Crippen molar-refractivity contribution >= 4 is 21.8 Å². The van der Waals surface area contributed by atoms with E-state index in [9.17, 15) is 5.11 Å². The summed E-state index contributed by atoms with van der Waals surface area (Å²) in [6.07, 6.45) is 3.71. The fourth-order valence-electron chi connectivity index (χ4n) is 2.55. The number of rotatable bonds is 3. The third-order valence-electron chi connectivity index (χ3n) is 3.98. The minimum absolute atomic E-state index is 0.298. The van der Waals surface area contributed by atoms with Crippen LogP contribution in [0.4, 0.5) is 0 Å². The van der Waals surface area contributed by atoms with E-state index in [1.54, 1.807) is 6.07 Å². The van der Waals surface area contributed by atoms with Crippen molar-refractivity contribution in [2.24, 2.45) is 0 Å². The first kappa shape index (κ1) is 12.9. The molecule has 3 aromatic rings. The Kier molecular flexibility index (Phi) is 3.10. The number of benzene rings is 1. The van der Waals surface area contributed by atoms with Crippen molar-refractivity contribution in [2.75, 3.05) is 14.1 Å². The van der Waals surface area contributed by atoms with Crippen molar-refractivity contribution in [3.8, 4) is 5.75 Å². The Morgan fingerprint density at radius 1 is 1.20 bits per heavy atom. The van der Waals surface area contributed by atoms with Crippen LogP contribution < -0.4 is 0 Å². The van der Waals surface area contributed by atoms with Gasteiger partial charge in [0.15, 0.2) is 0 Å². The van der Waals surface area contributed by atoms with Crippen molar-refractivity contribution in [3.05, 3.63) is 36.7 Å². The second-order valence-electron chi connectivity index (χ2n) is 5.52. The van der Waals surface area contributed by atoms with E-state index in [1.165, 1.54) is 5.39 Å². The van der Waals surface area contributed by atoms with Crippen LogP contribution in [-0.4, -0.2) is 39.7 Å². The van der Waals surface area contributed by atoms with Gasteiger partial charge in [-0.05, 0) is 39.2 Å². The van der Waals surface area contributed by atoms with Crippen LogP contribution in [0, 0.1) is 0 Å². The number of phenols is 1. The zero-order valence-corrected chi connectivity index (χ0v) is 12.0. The average Bonchev–Trinajstić information content (AvgIpc) is 2.73. The summed E-state index contributed by atoms with van der Waals surface area (Å²) < 4.78 is 2.24. The summed E-state index contributed by atoms with van der Waals surface area (Å²) in [6, 6.07) is 7.98. The van der Waals surface area contributed by atoms with E-state index in [-0.39, 0.29) is 0 Å². The molecule has 0 aliphatic rings. The molecule has 0 radical (unpaired) electrons. The van der Waals surface area contributed by atoms with Crippen LogP contribution in [0.5, 0.6) is 5.75 Å². The van der Waals surface area contributed by atoms with E-state index in [0.717, 1.165) is 23.0 Å². The number of hydrogen-bond acceptors (Lipinski definition) is 3. The van der Waals surface area contributed by atoms with Gasteiger partial charge in [-0.2, -0.15) is 0 Å². The van der Waals surface area contributed by atoms with Crippen molar-refractivity contribution < 1.29 is 5.11 Å². The van der Waals surface area contributed by atoms with Gasteiger partial charge in [0, 0.05) is 35.6 Å². The lowest BCUT2D eigenvalue weighted by Crippen LogP contribution is -2.29. The molecule has 0 amide bonds.